The summed E-state index contributed by atoms with van der Waals surface area (Å²) in [5.74, 6) is -3.10. The summed E-state index contributed by atoms with van der Waals surface area (Å²) in [6, 6.07) is 13.0. The highest BCUT2D eigenvalue weighted by Crippen LogP contribution is 2.41. The molecule has 0 heterocycles. The summed E-state index contributed by atoms with van der Waals surface area (Å²) >= 11 is 0. The van der Waals surface area contributed by atoms with Gasteiger partial charge in [-0.1, -0.05) is 61.7 Å². The minimum Gasteiger partial charge on any atom is -0.488 e. The van der Waals surface area contributed by atoms with Crippen molar-refractivity contribution in [3.05, 3.63) is 108 Å². The fourth-order valence-corrected chi connectivity index (χ4v) is 3.95. The molecule has 0 N–H and O–H groups in total. The molecule has 0 fully saturated rings. The minimum absolute atomic E-state index is 0.00648. The Labute approximate surface area is 247 Å². The molecule has 0 aliphatic rings. The molecule has 10 heteroatoms. The molecule has 228 valence electrons. The van der Waals surface area contributed by atoms with E-state index in [2.05, 4.69) is 13.2 Å². The van der Waals surface area contributed by atoms with E-state index in [9.17, 15) is 22.8 Å². The molecule has 0 radical (unpaired) electrons. The van der Waals surface area contributed by atoms with Gasteiger partial charge in [0.15, 0.2) is 11.6 Å². The van der Waals surface area contributed by atoms with Gasteiger partial charge in [0, 0.05) is 5.56 Å². The van der Waals surface area contributed by atoms with Crippen LogP contribution in [0.25, 0.3) is 11.1 Å². The third kappa shape index (κ3) is 9.19. The number of carbonyl (C=O) groups is 2. The summed E-state index contributed by atoms with van der Waals surface area (Å²) in [4.78, 5) is 24.9. The van der Waals surface area contributed by atoms with Crippen LogP contribution in [0.4, 0.5) is 17.6 Å². The topological polar surface area (TPSA) is 71.1 Å². The molecule has 0 saturated heterocycles. The van der Waals surface area contributed by atoms with Gasteiger partial charge >= 0.3 is 18.1 Å². The number of ether oxygens (including phenoxy) is 4. The first-order chi connectivity index (χ1) is 20.2. The Morgan fingerprint density at radius 3 is 2.09 bits per heavy atom. The second-order valence-corrected chi connectivity index (χ2v) is 10.4. The summed E-state index contributed by atoms with van der Waals surface area (Å²) in [6.07, 6.45) is -2.04. The number of carbonyl (C=O) groups excluding carboxylic acids is 2. The van der Waals surface area contributed by atoms with Gasteiger partial charge in [0.05, 0.1) is 12.0 Å². The minimum atomic E-state index is -4.83. The highest BCUT2D eigenvalue weighted by molar-refractivity contribution is 5.95. The summed E-state index contributed by atoms with van der Waals surface area (Å²) in [7, 11) is 0. The van der Waals surface area contributed by atoms with E-state index in [0.29, 0.717) is 16.7 Å². The van der Waals surface area contributed by atoms with Crippen LogP contribution in [0.1, 0.15) is 47.8 Å². The van der Waals surface area contributed by atoms with Gasteiger partial charge in [-0.3, -0.25) is 4.79 Å². The number of halogens is 4. The molecule has 0 unspecified atom stereocenters. The van der Waals surface area contributed by atoms with Gasteiger partial charge in [0.2, 0.25) is 0 Å². The molecular formula is C33H32F4O6. The molecule has 0 saturated carbocycles. The van der Waals surface area contributed by atoms with E-state index < -0.39 is 53.0 Å². The number of benzene rings is 3. The van der Waals surface area contributed by atoms with Crippen molar-refractivity contribution in [2.45, 2.75) is 45.6 Å². The molecule has 0 atom stereocenters. The largest absolute Gasteiger partial charge is 0.488 e. The zero-order chi connectivity index (χ0) is 31.8. The molecular weight excluding hydrogens is 568 g/mol. The van der Waals surface area contributed by atoms with E-state index >= 15 is 4.39 Å². The fourth-order valence-electron chi connectivity index (χ4n) is 3.95. The second-order valence-electron chi connectivity index (χ2n) is 10.4. The van der Waals surface area contributed by atoms with Gasteiger partial charge in [0.25, 0.3) is 0 Å². The van der Waals surface area contributed by atoms with E-state index in [1.807, 2.05) is 0 Å². The molecule has 0 amide bonds. The Kier molecular flexibility index (Phi) is 10.7. The van der Waals surface area contributed by atoms with E-state index in [-0.39, 0.29) is 30.9 Å². The molecule has 3 rings (SSSR count). The van der Waals surface area contributed by atoms with Gasteiger partial charge in [-0.2, -0.15) is 13.2 Å². The zero-order valence-electron chi connectivity index (χ0n) is 24.1. The van der Waals surface area contributed by atoms with E-state index in [1.54, 1.807) is 51.1 Å². The van der Waals surface area contributed by atoms with Gasteiger partial charge in [-0.25, -0.2) is 9.18 Å². The summed E-state index contributed by atoms with van der Waals surface area (Å²) < 4.78 is 77.8. The van der Waals surface area contributed by atoms with Crippen molar-refractivity contribution in [2.75, 3.05) is 13.2 Å². The molecule has 3 aromatic carbocycles. The molecule has 0 aliphatic heterocycles. The lowest BCUT2D eigenvalue weighted by Gasteiger charge is -2.24. The van der Waals surface area contributed by atoms with E-state index in [0.717, 1.165) is 12.1 Å². The summed E-state index contributed by atoms with van der Waals surface area (Å²) in [5, 5.41) is 0. The standard InChI is InChI=1S/C33H32F4O6/c1-6-16-40-28(38)18-21-8-10-22(11-9-21)23-13-15-27(26(34)19-23)42-20-24-12-14-25(33(35,36)37)30(41-17-7-2)29(24)31(39)43-32(3,4)5/h6-15,19H,1-2,16-18,20H2,3-5H3. The van der Waals surface area contributed by atoms with Crippen LogP contribution in [0, 0.1) is 5.82 Å². The molecule has 0 spiro atoms. The Morgan fingerprint density at radius 1 is 0.860 bits per heavy atom. The Hall–Kier alpha value is -4.60. The first-order valence-corrected chi connectivity index (χ1v) is 13.2. The molecule has 0 aliphatic carbocycles. The van der Waals surface area contributed by atoms with Crippen molar-refractivity contribution >= 4 is 11.9 Å². The summed E-state index contributed by atoms with van der Waals surface area (Å²) in [6.45, 7) is 11.0. The van der Waals surface area contributed by atoms with Crippen molar-refractivity contribution in [3.63, 3.8) is 0 Å². The molecule has 6 nitrogen and oxygen atoms in total. The molecule has 3 aromatic rings. The number of hydrogen-bond acceptors (Lipinski definition) is 6. The fraction of sp³-hybridized carbons (Fsp3) is 0.273. The first-order valence-electron chi connectivity index (χ1n) is 13.2. The molecule has 0 aromatic heterocycles. The van der Waals surface area contributed by atoms with Crippen LogP contribution in [0.2, 0.25) is 0 Å². The molecule has 43 heavy (non-hydrogen) atoms. The lowest BCUT2D eigenvalue weighted by Crippen LogP contribution is -2.26. The maximum Gasteiger partial charge on any atom is 0.419 e. The average Bonchev–Trinajstić information content (AvgIpc) is 2.92. The van der Waals surface area contributed by atoms with Crippen molar-refractivity contribution < 1.29 is 46.1 Å². The second kappa shape index (κ2) is 14.0. The number of esters is 2. The number of hydrogen-bond donors (Lipinski definition) is 0. The highest BCUT2D eigenvalue weighted by Gasteiger charge is 2.38. The Balaban J connectivity index is 1.87. The van der Waals surface area contributed by atoms with Gasteiger partial charge in [0.1, 0.15) is 36.7 Å². The third-order valence-electron chi connectivity index (χ3n) is 5.81. The van der Waals surface area contributed by atoms with Crippen LogP contribution in [0.3, 0.4) is 0 Å². The lowest BCUT2D eigenvalue weighted by molar-refractivity contribution is -0.141. The highest BCUT2D eigenvalue weighted by atomic mass is 19.4. The van der Waals surface area contributed by atoms with Crippen LogP contribution in [-0.4, -0.2) is 30.8 Å². The van der Waals surface area contributed by atoms with E-state index in [4.69, 9.17) is 18.9 Å². The predicted octanol–water partition coefficient (Wildman–Crippen LogP) is 7.88. The van der Waals surface area contributed by atoms with Crippen molar-refractivity contribution in [3.8, 4) is 22.6 Å². The van der Waals surface area contributed by atoms with Crippen molar-refractivity contribution in [2.24, 2.45) is 0 Å². The quantitative estimate of drug-likeness (QED) is 0.120. The normalized spacial score (nSPS) is 11.4. The predicted molar refractivity (Wildman–Crippen MR) is 153 cm³/mol. The Morgan fingerprint density at radius 2 is 1.51 bits per heavy atom. The lowest BCUT2D eigenvalue weighted by atomic mass is 10.0. The van der Waals surface area contributed by atoms with E-state index in [1.165, 1.54) is 24.3 Å². The number of alkyl halides is 3. The van der Waals surface area contributed by atoms with Crippen LogP contribution < -0.4 is 9.47 Å². The number of rotatable bonds is 12. The SMILES string of the molecule is C=CCOC(=O)Cc1ccc(-c2ccc(OCc3ccc(C(F)(F)F)c(OCC=C)c3C(=O)OC(C)(C)C)c(F)c2)cc1. The van der Waals surface area contributed by atoms with Crippen LogP contribution in [-0.2, 0) is 33.5 Å². The van der Waals surface area contributed by atoms with Crippen LogP contribution in [0.5, 0.6) is 11.5 Å². The van der Waals surface area contributed by atoms with Crippen LogP contribution in [0.15, 0.2) is 79.9 Å². The first kappa shape index (κ1) is 32.9. The van der Waals surface area contributed by atoms with Gasteiger partial charge in [-0.05, 0) is 55.7 Å². The average molecular weight is 601 g/mol. The van der Waals surface area contributed by atoms with Crippen molar-refractivity contribution in [1.82, 2.24) is 0 Å². The van der Waals surface area contributed by atoms with Gasteiger partial charge in [-0.15, -0.1) is 0 Å². The monoisotopic (exact) mass is 600 g/mol. The Bertz CT molecular complexity index is 1470. The maximum atomic E-state index is 15.1. The summed E-state index contributed by atoms with van der Waals surface area (Å²) in [5.41, 5.74) is -0.749. The molecule has 0 bridgehead atoms. The maximum absolute atomic E-state index is 15.1. The van der Waals surface area contributed by atoms with Crippen molar-refractivity contribution in [1.29, 1.82) is 0 Å². The zero-order valence-corrected chi connectivity index (χ0v) is 24.1. The third-order valence-corrected chi connectivity index (χ3v) is 5.81. The van der Waals surface area contributed by atoms with Gasteiger partial charge < -0.3 is 18.9 Å². The smallest absolute Gasteiger partial charge is 0.419 e. The van der Waals surface area contributed by atoms with Crippen LogP contribution >= 0.6 is 0 Å².